The molecule has 1 aliphatic rings. The quantitative estimate of drug-likeness (QED) is 0.405. The van der Waals surface area contributed by atoms with Gasteiger partial charge in [-0.25, -0.2) is 13.2 Å². The van der Waals surface area contributed by atoms with Crippen LogP contribution in [0, 0.1) is 6.92 Å². The number of ether oxygens (including phenoxy) is 1. The Hall–Kier alpha value is -2.51. The predicted octanol–water partition coefficient (Wildman–Crippen LogP) is 3.98. The van der Waals surface area contributed by atoms with Gasteiger partial charge in [0.25, 0.3) is 0 Å². The van der Waals surface area contributed by atoms with Crippen molar-refractivity contribution in [3.63, 3.8) is 0 Å². The van der Waals surface area contributed by atoms with E-state index in [0.29, 0.717) is 36.4 Å². The first-order valence-electron chi connectivity index (χ1n) is 9.79. The third-order valence-electron chi connectivity index (χ3n) is 5.09. The Balaban J connectivity index is 1.82. The highest BCUT2D eigenvalue weighted by Gasteiger charge is 2.27. The Kier molecular flexibility index (Phi) is 6.49. The van der Waals surface area contributed by atoms with Crippen LogP contribution in [0.4, 0.5) is 0 Å². The van der Waals surface area contributed by atoms with Crippen LogP contribution in [-0.2, 0) is 10.0 Å². The van der Waals surface area contributed by atoms with Gasteiger partial charge in [-0.2, -0.15) is 4.31 Å². The second-order valence-corrected chi connectivity index (χ2v) is 9.07. The molecule has 6 nitrogen and oxygen atoms in total. The second-order valence-electron chi connectivity index (χ2n) is 7.13. The molecular formula is C22H25NO5S. The SMILES string of the molecule is CCC(=O)c1ccc(OC(=O)c2cc(S(=O)(=O)N3CCCCC3)ccc2C)cc1. The van der Waals surface area contributed by atoms with E-state index in [4.69, 9.17) is 4.74 Å². The number of esters is 1. The van der Waals surface area contributed by atoms with Crippen molar-refractivity contribution in [1.82, 2.24) is 4.31 Å². The van der Waals surface area contributed by atoms with E-state index in [2.05, 4.69) is 0 Å². The number of Topliss-reactive ketones (excluding diaryl/α,β-unsaturated/α-hetero) is 1. The van der Waals surface area contributed by atoms with Crippen LogP contribution in [0.25, 0.3) is 0 Å². The fraction of sp³-hybridized carbons (Fsp3) is 0.364. The largest absolute Gasteiger partial charge is 0.423 e. The second kappa shape index (κ2) is 8.88. The van der Waals surface area contributed by atoms with E-state index in [1.165, 1.54) is 16.4 Å². The summed E-state index contributed by atoms with van der Waals surface area (Å²) in [5.74, 6) is -0.326. The Bertz CT molecular complexity index is 1010. The minimum atomic E-state index is -3.64. The van der Waals surface area contributed by atoms with E-state index < -0.39 is 16.0 Å². The molecule has 0 atom stereocenters. The Morgan fingerprint density at radius 3 is 2.28 bits per heavy atom. The highest BCUT2D eigenvalue weighted by molar-refractivity contribution is 7.89. The van der Waals surface area contributed by atoms with E-state index in [9.17, 15) is 18.0 Å². The minimum absolute atomic E-state index is 0.00865. The maximum absolute atomic E-state index is 12.9. The number of sulfonamides is 1. The van der Waals surface area contributed by atoms with Crippen LogP contribution in [0.5, 0.6) is 5.75 Å². The number of carbonyl (C=O) groups excluding carboxylic acids is 2. The van der Waals surface area contributed by atoms with Gasteiger partial charge >= 0.3 is 5.97 Å². The number of piperidine rings is 1. The standard InChI is InChI=1S/C22H25NO5S/c1-3-21(24)17-8-10-18(11-9-17)28-22(25)20-15-19(12-7-16(20)2)29(26,27)23-13-5-4-6-14-23/h7-12,15H,3-6,13-14H2,1-2H3. The number of benzene rings is 2. The zero-order valence-corrected chi connectivity index (χ0v) is 17.5. The number of rotatable bonds is 6. The Labute approximate surface area is 171 Å². The van der Waals surface area contributed by atoms with Crippen molar-refractivity contribution in [2.24, 2.45) is 0 Å². The summed E-state index contributed by atoms with van der Waals surface area (Å²) in [4.78, 5) is 24.5. The third kappa shape index (κ3) is 4.74. The number of aryl methyl sites for hydroxylation is 1. The van der Waals surface area contributed by atoms with Crippen LogP contribution in [0.1, 0.15) is 58.9 Å². The van der Waals surface area contributed by atoms with Gasteiger partial charge in [-0.3, -0.25) is 4.79 Å². The van der Waals surface area contributed by atoms with Crippen LogP contribution >= 0.6 is 0 Å². The number of hydrogen-bond donors (Lipinski definition) is 0. The molecule has 2 aromatic carbocycles. The molecule has 7 heteroatoms. The number of hydrogen-bond acceptors (Lipinski definition) is 5. The summed E-state index contributed by atoms with van der Waals surface area (Å²) < 4.78 is 32.7. The van der Waals surface area contributed by atoms with Crippen LogP contribution in [0.3, 0.4) is 0 Å². The fourth-order valence-corrected chi connectivity index (χ4v) is 4.85. The van der Waals surface area contributed by atoms with Gasteiger partial charge in [0.1, 0.15) is 5.75 Å². The average Bonchev–Trinajstić information content (AvgIpc) is 2.74. The van der Waals surface area contributed by atoms with Crippen LogP contribution in [0.15, 0.2) is 47.4 Å². The summed E-state index contributed by atoms with van der Waals surface area (Å²) in [6, 6.07) is 10.9. The first-order valence-corrected chi connectivity index (χ1v) is 11.2. The molecule has 1 fully saturated rings. The summed E-state index contributed by atoms with van der Waals surface area (Å²) in [6.45, 7) is 4.51. The lowest BCUT2D eigenvalue weighted by Crippen LogP contribution is -2.35. The molecule has 0 amide bonds. The lowest BCUT2D eigenvalue weighted by atomic mass is 10.1. The van der Waals surface area contributed by atoms with E-state index in [1.54, 1.807) is 44.2 Å². The van der Waals surface area contributed by atoms with Crippen LogP contribution in [0.2, 0.25) is 0 Å². The lowest BCUT2D eigenvalue weighted by Gasteiger charge is -2.26. The first-order chi connectivity index (χ1) is 13.8. The monoisotopic (exact) mass is 415 g/mol. The highest BCUT2D eigenvalue weighted by atomic mass is 32.2. The van der Waals surface area contributed by atoms with Crippen molar-refractivity contribution in [3.05, 3.63) is 59.2 Å². The number of nitrogens with zero attached hydrogens (tertiary/aromatic N) is 1. The summed E-state index contributed by atoms with van der Waals surface area (Å²) in [6.07, 6.45) is 3.11. The van der Waals surface area contributed by atoms with Crippen LogP contribution < -0.4 is 4.74 Å². The molecule has 2 aromatic rings. The molecule has 0 spiro atoms. The molecule has 0 aromatic heterocycles. The smallest absolute Gasteiger partial charge is 0.343 e. The molecule has 0 N–H and O–H groups in total. The molecule has 0 saturated carbocycles. The van der Waals surface area contributed by atoms with Gasteiger partial charge in [0.15, 0.2) is 5.78 Å². The lowest BCUT2D eigenvalue weighted by molar-refractivity contribution is 0.0733. The van der Waals surface area contributed by atoms with Gasteiger partial charge in [-0.15, -0.1) is 0 Å². The normalized spacial score (nSPS) is 15.1. The topological polar surface area (TPSA) is 80.8 Å². The zero-order chi connectivity index (χ0) is 21.0. The Morgan fingerprint density at radius 2 is 1.66 bits per heavy atom. The van der Waals surface area contributed by atoms with Gasteiger partial charge in [-0.1, -0.05) is 19.4 Å². The summed E-state index contributed by atoms with van der Waals surface area (Å²) in [5, 5.41) is 0. The number of ketones is 1. The van der Waals surface area contributed by atoms with Crippen LogP contribution in [-0.4, -0.2) is 37.6 Å². The summed E-state index contributed by atoms with van der Waals surface area (Å²) >= 11 is 0. The summed E-state index contributed by atoms with van der Waals surface area (Å²) in [5.41, 5.74) is 1.39. The molecule has 154 valence electrons. The van der Waals surface area contributed by atoms with E-state index >= 15 is 0 Å². The maximum Gasteiger partial charge on any atom is 0.343 e. The first kappa shape index (κ1) is 21.2. The third-order valence-corrected chi connectivity index (χ3v) is 6.98. The molecule has 1 saturated heterocycles. The van der Waals surface area contributed by atoms with Crippen molar-refractivity contribution in [2.75, 3.05) is 13.1 Å². The average molecular weight is 416 g/mol. The molecule has 3 rings (SSSR count). The van der Waals surface area contributed by atoms with Crippen molar-refractivity contribution < 1.29 is 22.7 Å². The molecule has 0 bridgehead atoms. The zero-order valence-electron chi connectivity index (χ0n) is 16.7. The maximum atomic E-state index is 12.9. The van der Waals surface area contributed by atoms with Gasteiger partial charge in [-0.05, 0) is 61.7 Å². The number of carbonyl (C=O) groups is 2. The molecule has 0 radical (unpaired) electrons. The van der Waals surface area contributed by atoms with E-state index in [1.807, 2.05) is 0 Å². The molecule has 29 heavy (non-hydrogen) atoms. The van der Waals surface area contributed by atoms with Crippen molar-refractivity contribution in [3.8, 4) is 5.75 Å². The molecule has 1 heterocycles. The fourth-order valence-electron chi connectivity index (χ4n) is 3.31. The van der Waals surface area contributed by atoms with Crippen molar-refractivity contribution in [2.45, 2.75) is 44.4 Å². The summed E-state index contributed by atoms with van der Waals surface area (Å²) in [7, 11) is -3.64. The van der Waals surface area contributed by atoms with Gasteiger partial charge in [0, 0.05) is 25.1 Å². The molecular weight excluding hydrogens is 390 g/mol. The highest BCUT2D eigenvalue weighted by Crippen LogP contribution is 2.24. The predicted molar refractivity (Wildman–Crippen MR) is 110 cm³/mol. The van der Waals surface area contributed by atoms with Gasteiger partial charge < -0.3 is 4.74 Å². The van der Waals surface area contributed by atoms with Crippen molar-refractivity contribution >= 4 is 21.8 Å². The van der Waals surface area contributed by atoms with E-state index in [0.717, 1.165) is 19.3 Å². The van der Waals surface area contributed by atoms with Gasteiger partial charge in [0.2, 0.25) is 10.0 Å². The molecule has 0 unspecified atom stereocenters. The Morgan fingerprint density at radius 1 is 1.00 bits per heavy atom. The molecule has 0 aliphatic carbocycles. The van der Waals surface area contributed by atoms with E-state index in [-0.39, 0.29) is 16.2 Å². The minimum Gasteiger partial charge on any atom is -0.423 e. The molecule has 1 aliphatic heterocycles. The van der Waals surface area contributed by atoms with Gasteiger partial charge in [0.05, 0.1) is 10.5 Å². The van der Waals surface area contributed by atoms with Crippen molar-refractivity contribution in [1.29, 1.82) is 0 Å².